The summed E-state index contributed by atoms with van der Waals surface area (Å²) in [6.07, 6.45) is 7.03. The van der Waals surface area contributed by atoms with E-state index < -0.39 is 0 Å². The Morgan fingerprint density at radius 3 is 2.39 bits per heavy atom. The van der Waals surface area contributed by atoms with Crippen LogP contribution in [-0.4, -0.2) is 53.0 Å². The Kier molecular flexibility index (Phi) is 7.66. The fraction of sp³-hybridized carbons (Fsp3) is 0.419. The number of hydrogen-bond acceptors (Lipinski definition) is 4. The summed E-state index contributed by atoms with van der Waals surface area (Å²) >= 11 is 0. The third-order valence-electron chi connectivity index (χ3n) is 7.75. The molecule has 1 atom stereocenters. The van der Waals surface area contributed by atoms with Gasteiger partial charge < -0.3 is 9.64 Å². The maximum atomic E-state index is 13.7. The van der Waals surface area contributed by atoms with Gasteiger partial charge in [0.05, 0.1) is 7.11 Å². The topological polar surface area (TPSA) is 45.7 Å². The first-order chi connectivity index (χ1) is 17.6. The predicted molar refractivity (Wildman–Crippen MR) is 143 cm³/mol. The van der Waals surface area contributed by atoms with Gasteiger partial charge in [-0.1, -0.05) is 48.5 Å². The zero-order valence-corrected chi connectivity index (χ0v) is 21.5. The number of aromatic nitrogens is 1. The van der Waals surface area contributed by atoms with Gasteiger partial charge in [0, 0.05) is 24.8 Å². The molecule has 5 heteroatoms. The molecule has 1 aromatic heterocycles. The molecule has 2 aromatic carbocycles. The average Bonchev–Trinajstić information content (AvgIpc) is 3.75. The average molecular weight is 484 g/mol. The minimum Gasteiger partial charge on any atom is -0.496 e. The summed E-state index contributed by atoms with van der Waals surface area (Å²) in [6, 6.07) is 23.3. The molecule has 188 valence electrons. The minimum atomic E-state index is 0.0927. The van der Waals surface area contributed by atoms with Gasteiger partial charge in [-0.3, -0.25) is 14.7 Å². The van der Waals surface area contributed by atoms with E-state index in [4.69, 9.17) is 4.74 Å². The number of ether oxygens (including phenoxy) is 1. The van der Waals surface area contributed by atoms with E-state index >= 15 is 0 Å². The molecule has 36 heavy (non-hydrogen) atoms. The highest BCUT2D eigenvalue weighted by molar-refractivity contribution is 5.93. The number of piperidine rings is 1. The van der Waals surface area contributed by atoms with Crippen molar-refractivity contribution in [2.24, 2.45) is 5.92 Å². The van der Waals surface area contributed by atoms with E-state index in [9.17, 15) is 4.79 Å². The van der Waals surface area contributed by atoms with Crippen molar-refractivity contribution in [1.29, 1.82) is 0 Å². The van der Waals surface area contributed by atoms with Crippen LogP contribution in [0.4, 0.5) is 0 Å². The van der Waals surface area contributed by atoms with E-state index in [0.29, 0.717) is 17.7 Å². The number of benzene rings is 2. The fourth-order valence-corrected chi connectivity index (χ4v) is 5.70. The summed E-state index contributed by atoms with van der Waals surface area (Å²) in [4.78, 5) is 22.9. The van der Waals surface area contributed by atoms with E-state index in [1.807, 2.05) is 18.2 Å². The molecule has 0 bridgehead atoms. The number of hydrogen-bond donors (Lipinski definition) is 0. The van der Waals surface area contributed by atoms with Gasteiger partial charge in [-0.05, 0) is 92.9 Å². The van der Waals surface area contributed by atoms with Gasteiger partial charge in [0.15, 0.2) is 0 Å². The molecule has 1 saturated heterocycles. The lowest BCUT2D eigenvalue weighted by atomic mass is 9.84. The highest BCUT2D eigenvalue weighted by Crippen LogP contribution is 2.36. The third kappa shape index (κ3) is 5.79. The largest absolute Gasteiger partial charge is 0.496 e. The van der Waals surface area contributed by atoms with Crippen LogP contribution in [0.3, 0.4) is 0 Å². The monoisotopic (exact) mass is 483 g/mol. The third-order valence-corrected chi connectivity index (χ3v) is 7.75. The number of aryl methyl sites for hydroxylation is 1. The second-order valence-corrected chi connectivity index (χ2v) is 10.3. The Labute approximate surface area is 215 Å². The van der Waals surface area contributed by atoms with Gasteiger partial charge in [-0.25, -0.2) is 0 Å². The van der Waals surface area contributed by atoms with Gasteiger partial charge >= 0.3 is 0 Å². The highest BCUT2D eigenvalue weighted by Gasteiger charge is 2.42. The van der Waals surface area contributed by atoms with Crippen molar-refractivity contribution in [1.82, 2.24) is 14.8 Å². The van der Waals surface area contributed by atoms with E-state index in [2.05, 4.69) is 70.2 Å². The summed E-state index contributed by atoms with van der Waals surface area (Å²) < 4.78 is 5.43. The molecule has 1 aliphatic carbocycles. The summed E-state index contributed by atoms with van der Waals surface area (Å²) in [7, 11) is 1.72. The molecule has 0 unspecified atom stereocenters. The molecule has 0 spiro atoms. The van der Waals surface area contributed by atoms with Crippen LogP contribution >= 0.6 is 0 Å². The lowest BCUT2D eigenvalue weighted by Gasteiger charge is -2.42. The molecule has 3 aromatic rings. The first-order valence-electron chi connectivity index (χ1n) is 13.3. The second-order valence-electron chi connectivity index (χ2n) is 10.3. The Morgan fingerprint density at radius 2 is 1.75 bits per heavy atom. The zero-order valence-electron chi connectivity index (χ0n) is 21.5. The number of pyridine rings is 1. The fourth-order valence-electron chi connectivity index (χ4n) is 5.70. The molecule has 0 radical (unpaired) electrons. The van der Waals surface area contributed by atoms with Crippen LogP contribution in [0.5, 0.6) is 5.75 Å². The van der Waals surface area contributed by atoms with Crippen LogP contribution < -0.4 is 4.74 Å². The molecule has 2 heterocycles. The van der Waals surface area contributed by atoms with E-state index in [1.54, 1.807) is 13.3 Å². The standard InChI is InChI=1S/C31H37N3O2/c1-23-20-25(11-14-30(23)36-2)22-33-18-15-26(16-19-33)29(21-24-8-4-3-5-9-24)34(27-12-13-27)31(35)28-10-6-7-17-32-28/h3-11,14,17,20,26-27,29H,12-13,15-16,18-19,21-22H2,1-2H3/t29-/m0/s1. The highest BCUT2D eigenvalue weighted by atomic mass is 16.5. The molecular formula is C31H37N3O2. The maximum Gasteiger partial charge on any atom is 0.272 e. The SMILES string of the molecule is COc1ccc(CN2CCC([C@H](Cc3ccccc3)N(C(=O)c3ccccn3)C3CC3)CC2)cc1C. The number of nitrogens with zero attached hydrogens (tertiary/aromatic N) is 3. The van der Waals surface area contributed by atoms with Crippen LogP contribution in [0.2, 0.25) is 0 Å². The van der Waals surface area contributed by atoms with Gasteiger partial charge in [0.2, 0.25) is 0 Å². The van der Waals surface area contributed by atoms with Gasteiger partial charge in [0.1, 0.15) is 11.4 Å². The van der Waals surface area contributed by atoms with Crippen LogP contribution in [0.15, 0.2) is 72.9 Å². The van der Waals surface area contributed by atoms with Gasteiger partial charge in [0.25, 0.3) is 5.91 Å². The van der Waals surface area contributed by atoms with E-state index in [0.717, 1.165) is 57.5 Å². The van der Waals surface area contributed by atoms with Crippen molar-refractivity contribution in [3.05, 3.63) is 95.3 Å². The van der Waals surface area contributed by atoms with Crippen molar-refractivity contribution in [2.75, 3.05) is 20.2 Å². The lowest BCUT2D eigenvalue weighted by molar-refractivity contribution is 0.0477. The quantitative estimate of drug-likeness (QED) is 0.402. The smallest absolute Gasteiger partial charge is 0.272 e. The summed E-state index contributed by atoms with van der Waals surface area (Å²) in [6.45, 7) is 5.17. The molecule has 5 nitrogen and oxygen atoms in total. The first-order valence-corrected chi connectivity index (χ1v) is 13.3. The van der Waals surface area contributed by atoms with Crippen molar-refractivity contribution >= 4 is 5.91 Å². The number of rotatable bonds is 9. The summed E-state index contributed by atoms with van der Waals surface area (Å²) in [5.74, 6) is 1.52. The molecule has 1 saturated carbocycles. The summed E-state index contributed by atoms with van der Waals surface area (Å²) in [5.41, 5.74) is 4.38. The minimum absolute atomic E-state index is 0.0927. The van der Waals surface area contributed by atoms with E-state index in [1.165, 1.54) is 16.7 Å². The van der Waals surface area contributed by atoms with Crippen molar-refractivity contribution in [3.63, 3.8) is 0 Å². The molecule has 1 aliphatic heterocycles. The number of methoxy groups -OCH3 is 1. The molecule has 2 fully saturated rings. The van der Waals surface area contributed by atoms with Crippen molar-refractivity contribution in [3.8, 4) is 5.75 Å². The Balaban J connectivity index is 1.32. The van der Waals surface area contributed by atoms with Crippen LogP contribution in [0.25, 0.3) is 0 Å². The van der Waals surface area contributed by atoms with Crippen molar-refractivity contribution in [2.45, 2.75) is 57.7 Å². The molecular weight excluding hydrogens is 446 g/mol. The van der Waals surface area contributed by atoms with Crippen LogP contribution in [-0.2, 0) is 13.0 Å². The Hall–Kier alpha value is -3.18. The molecule has 2 aliphatic rings. The molecule has 1 amide bonds. The Bertz CT molecular complexity index is 1140. The molecule has 5 rings (SSSR count). The maximum absolute atomic E-state index is 13.7. The predicted octanol–water partition coefficient (Wildman–Crippen LogP) is 5.53. The Morgan fingerprint density at radius 1 is 1.00 bits per heavy atom. The number of amides is 1. The van der Waals surface area contributed by atoms with Crippen LogP contribution in [0.1, 0.15) is 52.9 Å². The second kappa shape index (κ2) is 11.3. The zero-order chi connectivity index (χ0) is 24.9. The van der Waals surface area contributed by atoms with E-state index in [-0.39, 0.29) is 11.9 Å². The van der Waals surface area contributed by atoms with Crippen LogP contribution in [0, 0.1) is 12.8 Å². The van der Waals surface area contributed by atoms with Gasteiger partial charge in [-0.15, -0.1) is 0 Å². The first kappa shape index (κ1) is 24.5. The number of likely N-dealkylation sites (tertiary alicyclic amines) is 1. The number of carbonyl (C=O) groups is 1. The summed E-state index contributed by atoms with van der Waals surface area (Å²) in [5, 5.41) is 0. The molecule has 0 N–H and O–H groups in total. The number of carbonyl (C=O) groups excluding carboxylic acids is 1. The lowest BCUT2D eigenvalue weighted by Crippen LogP contribution is -2.50. The normalized spacial score (nSPS) is 17.5. The van der Waals surface area contributed by atoms with Gasteiger partial charge in [-0.2, -0.15) is 0 Å². The van der Waals surface area contributed by atoms with Crippen molar-refractivity contribution < 1.29 is 9.53 Å².